The van der Waals surface area contributed by atoms with Gasteiger partial charge in [0.1, 0.15) is 17.3 Å². The molecule has 282 valence electrons. The summed E-state index contributed by atoms with van der Waals surface area (Å²) in [4.78, 5) is 27.7. The predicted molar refractivity (Wildman–Crippen MR) is 229 cm³/mol. The van der Waals surface area contributed by atoms with Crippen molar-refractivity contribution in [3.63, 3.8) is 0 Å². The lowest BCUT2D eigenvalue weighted by molar-refractivity contribution is -0.165. The van der Waals surface area contributed by atoms with Crippen LogP contribution in [0.15, 0.2) is 101 Å². The summed E-state index contributed by atoms with van der Waals surface area (Å²) in [7, 11) is -1.11. The maximum Gasteiger partial charge on any atom is 0.355 e. The van der Waals surface area contributed by atoms with Crippen LogP contribution in [-0.4, -0.2) is 46.8 Å². The molecule has 1 heterocycles. The fourth-order valence-electron chi connectivity index (χ4n) is 5.83. The number of aromatic hydroxyl groups is 1. The van der Waals surface area contributed by atoms with Crippen molar-refractivity contribution in [2.24, 2.45) is 0 Å². The lowest BCUT2D eigenvalue weighted by Gasteiger charge is -2.40. The molecule has 1 N–H and O–H groups in total. The molecular formula is C39H37FO7P2S5. The highest BCUT2D eigenvalue weighted by atomic mass is 33.7. The van der Waals surface area contributed by atoms with Gasteiger partial charge >= 0.3 is 11.9 Å². The molecule has 0 aromatic heterocycles. The normalized spacial score (nSPS) is 20.9. The molecule has 2 aliphatic rings. The monoisotopic (exact) mass is 858 g/mol. The Labute approximate surface area is 334 Å². The van der Waals surface area contributed by atoms with E-state index in [1.54, 1.807) is 70.7 Å². The average molecular weight is 859 g/mol. The Morgan fingerprint density at radius 1 is 0.926 bits per heavy atom. The van der Waals surface area contributed by atoms with Crippen molar-refractivity contribution in [2.45, 2.75) is 44.1 Å². The standard InChI is InChI=1S/C39H37FO7P2S5/c1-4-5-20-45-24-37(39(43)46-29-11-15-31(16-12-29)49(51)52-48(50,53-49)30-13-9-28(41)10-14-30)47-38(42)23-35-25(2)34(33-19-8-27(40)22-36(33)35)21-26-6-17-32(18-7-26)54(3)44/h6-19,21-22,37,41H,4-5,20,23-24H2,1-3H3/b34-21-. The number of ether oxygens (including phenoxy) is 3. The summed E-state index contributed by atoms with van der Waals surface area (Å²) >= 11 is 15.3. The van der Waals surface area contributed by atoms with Crippen molar-refractivity contribution < 1.29 is 37.5 Å². The minimum Gasteiger partial charge on any atom is -0.508 e. The van der Waals surface area contributed by atoms with Crippen LogP contribution in [0.3, 0.4) is 0 Å². The van der Waals surface area contributed by atoms with Crippen LogP contribution in [0.2, 0.25) is 0 Å². The van der Waals surface area contributed by atoms with Crippen molar-refractivity contribution in [1.29, 1.82) is 0 Å². The number of hydrogen-bond acceptors (Lipinski definition) is 11. The van der Waals surface area contributed by atoms with Crippen molar-refractivity contribution in [2.75, 3.05) is 19.5 Å². The topological polar surface area (TPSA) is 99.1 Å². The molecule has 2 atom stereocenters. The van der Waals surface area contributed by atoms with E-state index in [0.29, 0.717) is 22.6 Å². The molecule has 1 saturated heterocycles. The number of unbranched alkanes of at least 4 members (excludes halogenated alkanes) is 1. The van der Waals surface area contributed by atoms with Crippen molar-refractivity contribution in [1.82, 2.24) is 0 Å². The Balaban J connectivity index is 1.15. The van der Waals surface area contributed by atoms with E-state index in [-0.39, 0.29) is 24.5 Å². The molecular weight excluding hydrogens is 822 g/mol. The van der Waals surface area contributed by atoms with Crippen LogP contribution < -0.4 is 15.3 Å². The Kier molecular flexibility index (Phi) is 13.2. The first kappa shape index (κ1) is 40.8. The molecule has 0 saturated carbocycles. The van der Waals surface area contributed by atoms with E-state index >= 15 is 0 Å². The third-order valence-electron chi connectivity index (χ3n) is 8.71. The van der Waals surface area contributed by atoms with Crippen molar-refractivity contribution in [3.05, 3.63) is 119 Å². The van der Waals surface area contributed by atoms with Gasteiger partial charge in [0.15, 0.2) is 0 Å². The van der Waals surface area contributed by atoms with Gasteiger partial charge in [0.25, 0.3) is 0 Å². The highest BCUT2D eigenvalue weighted by Gasteiger charge is 2.46. The van der Waals surface area contributed by atoms with Crippen LogP contribution in [-0.2, 0) is 53.5 Å². The quantitative estimate of drug-likeness (QED) is 0.0569. The number of phenols is 1. The lowest BCUT2D eigenvalue weighted by Crippen LogP contribution is -2.35. The summed E-state index contributed by atoms with van der Waals surface area (Å²) < 4.78 is 39.5. The van der Waals surface area contributed by atoms with Crippen molar-refractivity contribution in [3.8, 4) is 11.5 Å². The lowest BCUT2D eigenvalue weighted by atomic mass is 10.0. The van der Waals surface area contributed by atoms with E-state index in [4.69, 9.17) is 37.8 Å². The maximum absolute atomic E-state index is 14.5. The van der Waals surface area contributed by atoms with Crippen LogP contribution in [0.5, 0.6) is 11.5 Å². The van der Waals surface area contributed by atoms with E-state index in [1.165, 1.54) is 12.1 Å². The highest BCUT2D eigenvalue weighted by Crippen LogP contribution is 3.04. The van der Waals surface area contributed by atoms with E-state index in [2.05, 4.69) is 0 Å². The zero-order valence-electron chi connectivity index (χ0n) is 29.6. The molecule has 1 aliphatic heterocycles. The fraction of sp³-hybridized carbons (Fsp3) is 0.231. The first-order valence-corrected chi connectivity index (χ1v) is 28.2. The van der Waals surface area contributed by atoms with Crippen LogP contribution in [0.4, 0.5) is 4.39 Å². The second-order valence-electron chi connectivity index (χ2n) is 12.5. The number of allylic oxidation sites excluding steroid dienone is 2. The van der Waals surface area contributed by atoms with Gasteiger partial charge in [-0.3, -0.25) is 9.00 Å². The highest BCUT2D eigenvalue weighted by molar-refractivity contribution is 9.48. The van der Waals surface area contributed by atoms with E-state index in [0.717, 1.165) is 45.7 Å². The first-order chi connectivity index (χ1) is 25.8. The molecule has 4 aromatic carbocycles. The Bertz CT molecular complexity index is 2240. The van der Waals surface area contributed by atoms with Gasteiger partial charge < -0.3 is 19.3 Å². The summed E-state index contributed by atoms with van der Waals surface area (Å²) in [5.74, 6) is -1.46. The van der Waals surface area contributed by atoms with E-state index < -0.39 is 43.5 Å². The van der Waals surface area contributed by atoms with E-state index in [9.17, 15) is 23.3 Å². The molecule has 54 heavy (non-hydrogen) atoms. The van der Waals surface area contributed by atoms with Crippen LogP contribution in [0.1, 0.15) is 49.8 Å². The Hall–Kier alpha value is -2.86. The number of phenolic OH excluding ortho intramolecular Hbond substituents is 1. The molecule has 0 spiro atoms. The molecule has 0 bridgehead atoms. The summed E-state index contributed by atoms with van der Waals surface area (Å²) in [6.45, 7) is 4.07. The van der Waals surface area contributed by atoms with Crippen LogP contribution in [0.25, 0.3) is 17.2 Å². The van der Waals surface area contributed by atoms with Gasteiger partial charge in [-0.15, -0.1) is 0 Å². The molecule has 2 unspecified atom stereocenters. The maximum atomic E-state index is 14.5. The number of carbonyl (C=O) groups excluding carboxylic acids is 2. The molecule has 4 aromatic rings. The van der Waals surface area contributed by atoms with Gasteiger partial charge in [0.05, 0.1) is 21.9 Å². The summed E-state index contributed by atoms with van der Waals surface area (Å²) in [6.07, 6.45) is 3.67. The summed E-state index contributed by atoms with van der Waals surface area (Å²) in [5.41, 5.74) is 4.39. The molecule has 1 aliphatic carbocycles. The smallest absolute Gasteiger partial charge is 0.355 e. The molecule has 0 amide bonds. The zero-order chi connectivity index (χ0) is 38.6. The predicted octanol–water partition coefficient (Wildman–Crippen LogP) is 9.37. The van der Waals surface area contributed by atoms with Gasteiger partial charge in [-0.1, -0.05) is 77.2 Å². The number of carbonyl (C=O) groups is 2. The van der Waals surface area contributed by atoms with Gasteiger partial charge in [-0.25, -0.2) is 9.18 Å². The Morgan fingerprint density at radius 2 is 1.56 bits per heavy atom. The second-order valence-corrected chi connectivity index (χ2v) is 35.2. The number of rotatable bonds is 14. The number of halogens is 1. The molecule has 0 radical (unpaired) electrons. The van der Waals surface area contributed by atoms with Gasteiger partial charge in [0.2, 0.25) is 6.10 Å². The summed E-state index contributed by atoms with van der Waals surface area (Å²) in [5, 5.41) is 11.6. The largest absolute Gasteiger partial charge is 0.508 e. The third-order valence-corrected chi connectivity index (χ3v) is 40.9. The molecule has 6 rings (SSSR count). The first-order valence-electron chi connectivity index (χ1n) is 17.0. The fourth-order valence-corrected chi connectivity index (χ4v) is 48.6. The van der Waals surface area contributed by atoms with Crippen LogP contribution in [0, 0.1) is 5.82 Å². The minimum absolute atomic E-state index is 0.187. The number of hydrogen-bond donors (Lipinski definition) is 1. The second kappa shape index (κ2) is 17.5. The third kappa shape index (κ3) is 9.39. The van der Waals surface area contributed by atoms with Gasteiger partial charge in [0, 0.05) is 39.2 Å². The van der Waals surface area contributed by atoms with Gasteiger partial charge in [-0.05, 0) is 126 Å². The Morgan fingerprint density at radius 3 is 2.17 bits per heavy atom. The molecule has 15 heteroatoms. The SMILES string of the molecule is CCCCOCC(OC(=O)CC1=C(C)/C(=C/c2ccc(S(C)=O)cc2)c2ccc(F)cc21)C(=O)Oc1ccc(P2(=S)SP(=S)(c3ccc(O)cc3)S2)cc1. The van der Waals surface area contributed by atoms with Gasteiger partial charge in [-0.2, -0.15) is 0 Å². The van der Waals surface area contributed by atoms with Crippen LogP contribution >= 0.6 is 30.9 Å². The van der Waals surface area contributed by atoms with Crippen molar-refractivity contribution >= 4 is 105 Å². The van der Waals surface area contributed by atoms with E-state index in [1.807, 2.05) is 56.3 Å². The summed E-state index contributed by atoms with van der Waals surface area (Å²) in [6, 6.07) is 25.8. The number of fused-ring (bicyclic) bond motifs is 1. The number of esters is 2. The average Bonchev–Trinajstić information content (AvgIpc) is 3.37. The number of benzene rings is 4. The zero-order valence-corrected chi connectivity index (χ0v) is 35.4. The molecule has 7 nitrogen and oxygen atoms in total. The molecule has 1 fully saturated rings. The minimum atomic E-state index is -2.06.